The first-order valence-corrected chi connectivity index (χ1v) is 2.97. The van der Waals surface area contributed by atoms with Crippen LogP contribution in [0, 0.1) is 0 Å². The number of halogens is 4. The Hall–Kier alpha value is 0.680. The van der Waals surface area contributed by atoms with E-state index in [0.717, 1.165) is 0 Å². The average molecular weight is 194 g/mol. The van der Waals surface area contributed by atoms with Gasteiger partial charge in [0.15, 0.2) is 0 Å². The summed E-state index contributed by atoms with van der Waals surface area (Å²) in [5, 5.41) is 0. The third-order valence-electron chi connectivity index (χ3n) is 0. The maximum absolute atomic E-state index is 4.83. The lowest BCUT2D eigenvalue weighted by Crippen LogP contribution is -1.81. The van der Waals surface area contributed by atoms with Gasteiger partial charge in [-0.05, 0) is 0 Å². The van der Waals surface area contributed by atoms with Gasteiger partial charge in [-0.25, -0.2) is 0 Å². The highest BCUT2D eigenvalue weighted by molar-refractivity contribution is 6.83. The summed E-state index contributed by atoms with van der Waals surface area (Å²) in [6.45, 7) is 6.25. The molecule has 0 aliphatic carbocycles. The van der Waals surface area contributed by atoms with Crippen molar-refractivity contribution in [3.05, 3.63) is 18.9 Å². The van der Waals surface area contributed by atoms with Crippen LogP contribution in [0.3, 0.4) is 0 Å². The quantitative estimate of drug-likeness (QED) is 0.408. The van der Waals surface area contributed by atoms with Crippen LogP contribution in [0.4, 0.5) is 0 Å². The van der Waals surface area contributed by atoms with E-state index in [1.807, 2.05) is 0 Å². The molecule has 0 aromatic heterocycles. The molecule has 8 heavy (non-hydrogen) atoms. The van der Waals surface area contributed by atoms with Crippen molar-refractivity contribution >= 4 is 46.4 Å². The fourth-order valence-corrected chi connectivity index (χ4v) is 0. The Bertz CT molecular complexity index is 68.5. The molecule has 0 spiro atoms. The minimum absolute atomic E-state index is 1.61. The van der Waals surface area contributed by atoms with Crippen LogP contribution in [0.25, 0.3) is 0 Å². The summed E-state index contributed by atoms with van der Waals surface area (Å²) in [6, 6.07) is 0. The van der Waals surface area contributed by atoms with E-state index in [-0.39, 0.29) is 0 Å². The lowest BCUT2D eigenvalue weighted by Gasteiger charge is -1.91. The van der Waals surface area contributed by atoms with Gasteiger partial charge in [0.25, 0.3) is 3.25 Å². The molecule has 0 saturated carbocycles. The number of hydrogen-bond acceptors (Lipinski definition) is 0. The van der Waals surface area contributed by atoms with Crippen LogP contribution in [0.15, 0.2) is 18.9 Å². The van der Waals surface area contributed by atoms with Crippen LogP contribution in [-0.4, -0.2) is 3.25 Å². The molecule has 0 N–H and O–H groups in total. The molecular weight excluding hydrogens is 190 g/mol. The van der Waals surface area contributed by atoms with E-state index in [1.165, 1.54) is 0 Å². The zero-order valence-corrected chi connectivity index (χ0v) is 6.95. The van der Waals surface area contributed by atoms with Crippen molar-refractivity contribution in [2.24, 2.45) is 0 Å². The van der Waals surface area contributed by atoms with E-state index in [9.17, 15) is 0 Å². The van der Waals surface area contributed by atoms with Gasteiger partial charge in [0.1, 0.15) is 0 Å². The summed E-state index contributed by atoms with van der Waals surface area (Å²) in [5.74, 6) is 0. The molecule has 48 valence electrons. The monoisotopic (exact) mass is 192 g/mol. The van der Waals surface area contributed by atoms with Crippen LogP contribution in [0.1, 0.15) is 0 Å². The van der Waals surface area contributed by atoms with Crippen molar-refractivity contribution in [3.63, 3.8) is 0 Å². The molecule has 0 fully saturated rings. The molecule has 0 saturated heterocycles. The molecule has 0 heterocycles. The Morgan fingerprint density at radius 3 is 1.00 bits per heavy atom. The Labute approximate surface area is 68.7 Å². The van der Waals surface area contributed by atoms with Crippen LogP contribution >= 0.6 is 46.4 Å². The maximum Gasteiger partial charge on any atom is 0.266 e. The van der Waals surface area contributed by atoms with Crippen molar-refractivity contribution < 1.29 is 0 Å². The summed E-state index contributed by atoms with van der Waals surface area (Å²) < 4.78 is -1.61. The Morgan fingerprint density at radius 1 is 1.00 bits per heavy atom. The summed E-state index contributed by atoms with van der Waals surface area (Å²) in [7, 11) is 0. The van der Waals surface area contributed by atoms with Gasteiger partial charge in [-0.3, -0.25) is 0 Å². The van der Waals surface area contributed by atoms with E-state index in [1.54, 1.807) is 0 Å². The predicted molar refractivity (Wildman–Crippen MR) is 40.9 cm³/mol. The third-order valence-corrected chi connectivity index (χ3v) is 0. The van der Waals surface area contributed by atoms with Crippen LogP contribution < -0.4 is 0 Å². The second-order valence-corrected chi connectivity index (χ2v) is 4.11. The van der Waals surface area contributed by atoms with Gasteiger partial charge in [0, 0.05) is 0 Å². The highest BCUT2D eigenvalue weighted by atomic mass is 35.6. The normalized spacial score (nSPS) is 8.50. The zero-order chi connectivity index (χ0) is 7.21. The Morgan fingerprint density at radius 2 is 1.00 bits per heavy atom. The smallest absolute Gasteiger partial charge is 0.137 e. The van der Waals surface area contributed by atoms with Crippen molar-refractivity contribution in [1.29, 1.82) is 0 Å². The summed E-state index contributed by atoms with van der Waals surface area (Å²) in [4.78, 5) is 0. The predicted octanol–water partition coefficient (Wildman–Crippen LogP) is 3.51. The third kappa shape index (κ3) is 466. The topological polar surface area (TPSA) is 0 Å². The van der Waals surface area contributed by atoms with Gasteiger partial charge >= 0.3 is 0 Å². The first-order chi connectivity index (χ1) is 3.41. The number of alkyl halides is 4. The molecule has 0 amide bonds. The van der Waals surface area contributed by atoms with Gasteiger partial charge < -0.3 is 0 Å². The summed E-state index contributed by atoms with van der Waals surface area (Å²) in [6.07, 6.45) is 0. The van der Waals surface area contributed by atoms with Crippen LogP contribution in [0.5, 0.6) is 0 Å². The van der Waals surface area contributed by atoms with Crippen LogP contribution in [-0.2, 0) is 0 Å². The van der Waals surface area contributed by atoms with E-state index in [0.29, 0.717) is 0 Å². The molecule has 0 atom stereocenters. The van der Waals surface area contributed by atoms with Gasteiger partial charge in [-0.2, -0.15) is 0 Å². The molecule has 0 unspecified atom stereocenters. The van der Waals surface area contributed by atoms with E-state index >= 15 is 0 Å². The van der Waals surface area contributed by atoms with Crippen molar-refractivity contribution in [1.82, 2.24) is 0 Å². The van der Waals surface area contributed by atoms with E-state index < -0.39 is 3.25 Å². The summed E-state index contributed by atoms with van der Waals surface area (Å²) in [5.41, 5.74) is 2.25. The van der Waals surface area contributed by atoms with Gasteiger partial charge in [0.05, 0.1) is 0 Å². The van der Waals surface area contributed by atoms with Crippen molar-refractivity contribution in [3.8, 4) is 0 Å². The minimum Gasteiger partial charge on any atom is -0.137 e. The Kier molecular flexibility index (Phi) is 8.33. The second-order valence-electron chi connectivity index (χ2n) is 0.679. The highest BCUT2D eigenvalue weighted by Crippen LogP contribution is 2.29. The second kappa shape index (κ2) is 5.81. The lowest BCUT2D eigenvalue weighted by molar-refractivity contribution is 1.76. The molecule has 0 aromatic rings. The molecule has 0 aliphatic rings. The molecule has 0 nitrogen and oxygen atoms in total. The molecular formula is C4H4Cl4. The Balaban J connectivity index is 0. The first kappa shape index (κ1) is 11.5. The largest absolute Gasteiger partial charge is 0.266 e. The van der Waals surface area contributed by atoms with Crippen LogP contribution in [0.2, 0.25) is 0 Å². The number of hydrogen-bond donors (Lipinski definition) is 0. The zero-order valence-electron chi connectivity index (χ0n) is 3.93. The number of rotatable bonds is 0. The first-order valence-electron chi connectivity index (χ1n) is 1.46. The SMILES string of the molecule is C=C=C.ClC(Cl)(Cl)Cl. The molecule has 0 bridgehead atoms. The standard InChI is InChI=1S/C3H4.CCl4/c1-3-2;2-1(3,4)5/h1-2H2;. The van der Waals surface area contributed by atoms with E-state index in [2.05, 4.69) is 18.9 Å². The average Bonchev–Trinajstić information content (AvgIpc) is 1.27. The van der Waals surface area contributed by atoms with E-state index in [4.69, 9.17) is 46.4 Å². The lowest BCUT2D eigenvalue weighted by atomic mass is 11.0. The molecule has 0 rings (SSSR count). The molecule has 0 radical (unpaired) electrons. The van der Waals surface area contributed by atoms with Gasteiger partial charge in [-0.15, -0.1) is 5.73 Å². The maximum atomic E-state index is 4.83. The fraction of sp³-hybridized carbons (Fsp3) is 0.250. The van der Waals surface area contributed by atoms with Crippen molar-refractivity contribution in [2.75, 3.05) is 0 Å². The fourth-order valence-electron chi connectivity index (χ4n) is 0. The highest BCUT2D eigenvalue weighted by Gasteiger charge is 2.11. The molecule has 0 aromatic carbocycles. The minimum atomic E-state index is -1.61. The van der Waals surface area contributed by atoms with Crippen molar-refractivity contribution in [2.45, 2.75) is 3.25 Å². The molecule has 0 aliphatic heterocycles. The van der Waals surface area contributed by atoms with Gasteiger partial charge in [-0.1, -0.05) is 59.6 Å². The molecule has 4 heteroatoms. The van der Waals surface area contributed by atoms with Gasteiger partial charge in [0.2, 0.25) is 0 Å². The summed E-state index contributed by atoms with van der Waals surface area (Å²) >= 11 is 19.3.